The largest absolute Gasteiger partial charge is 0.756 e. The molecular formula is C52H82NO10P. The molecule has 0 aromatic carbocycles. The second-order valence-electron chi connectivity index (χ2n) is 16.1. The van der Waals surface area contributed by atoms with Crippen molar-refractivity contribution in [1.82, 2.24) is 0 Å². The van der Waals surface area contributed by atoms with Crippen LogP contribution in [0.5, 0.6) is 0 Å². The first-order chi connectivity index (χ1) is 30.8. The van der Waals surface area contributed by atoms with E-state index >= 15 is 0 Å². The predicted molar refractivity (Wildman–Crippen MR) is 261 cm³/mol. The number of likely N-dealkylation sites (N-methyl/N-ethyl adjacent to an activating group) is 1. The monoisotopic (exact) mass is 912 g/mol. The zero-order valence-electron chi connectivity index (χ0n) is 39.6. The molecule has 2 N–H and O–H groups in total. The Balaban J connectivity index is 4.71. The van der Waals surface area contributed by atoms with E-state index in [-0.39, 0.29) is 26.1 Å². The van der Waals surface area contributed by atoms with Crippen LogP contribution in [0.1, 0.15) is 117 Å². The van der Waals surface area contributed by atoms with Crippen molar-refractivity contribution in [3.05, 3.63) is 134 Å². The Bertz CT molecular complexity index is 1580. The van der Waals surface area contributed by atoms with Crippen molar-refractivity contribution in [3.63, 3.8) is 0 Å². The minimum Gasteiger partial charge on any atom is -0.756 e. The third-order valence-electron chi connectivity index (χ3n) is 8.85. The van der Waals surface area contributed by atoms with E-state index in [1.165, 1.54) is 25.7 Å². The summed E-state index contributed by atoms with van der Waals surface area (Å²) in [5.41, 5.74) is 0. The normalized spacial score (nSPS) is 15.7. The summed E-state index contributed by atoms with van der Waals surface area (Å²) < 4.78 is 33.7. The number of quaternary nitrogens is 1. The lowest BCUT2D eigenvalue weighted by atomic mass is 10.2. The Morgan fingerprint density at radius 2 is 1.06 bits per heavy atom. The van der Waals surface area contributed by atoms with E-state index in [0.717, 1.165) is 32.1 Å². The first-order valence-electron chi connectivity index (χ1n) is 23.1. The van der Waals surface area contributed by atoms with Crippen LogP contribution in [0.25, 0.3) is 0 Å². The standard InChI is InChI=1S/C52H82NO10P/c1-6-8-10-11-12-13-14-15-16-17-18-19-20-21-22-23-24-28-36-42-51(56)60-46-50(47-62-64(58,59)61-45-44-53(3,4)5)63-52(57)43-37-29-26-25-27-33-39-49(55)41-35-31-30-34-40-48(54)38-32-9-7-2/h9,12-13,15-16,18-19,21-22,24,26-35,40-41,48-50,54-55H,6-8,10-11,14,17,20,23,25,36-39,42-47H2,1-5H3/b13-12-,16-15-,19-18-,22-21-,28-24-,29-26-,31-30-,32-9-,33-27-,40-34+,41-35+/t48-,49+,50+/m0/s1. The molecule has 64 heavy (non-hydrogen) atoms. The van der Waals surface area contributed by atoms with E-state index in [1.54, 1.807) is 36.5 Å². The molecule has 0 amide bonds. The van der Waals surface area contributed by atoms with Crippen molar-refractivity contribution in [2.24, 2.45) is 0 Å². The summed E-state index contributed by atoms with van der Waals surface area (Å²) in [7, 11) is 0.986. The number of ether oxygens (including phenoxy) is 2. The van der Waals surface area contributed by atoms with E-state index < -0.39 is 44.7 Å². The van der Waals surface area contributed by atoms with Crippen LogP contribution in [0.3, 0.4) is 0 Å². The first-order valence-corrected chi connectivity index (χ1v) is 24.6. The highest BCUT2D eigenvalue weighted by Crippen LogP contribution is 2.38. The molecule has 0 aliphatic rings. The number of aliphatic hydroxyl groups is 2. The number of carbonyl (C=O) groups excluding carboxylic acids is 2. The fourth-order valence-corrected chi connectivity index (χ4v) is 5.92. The first kappa shape index (κ1) is 60.1. The van der Waals surface area contributed by atoms with Gasteiger partial charge in [-0.15, -0.1) is 0 Å². The zero-order valence-corrected chi connectivity index (χ0v) is 40.5. The Hall–Kier alpha value is -3.93. The second-order valence-corrected chi connectivity index (χ2v) is 17.5. The number of rotatable bonds is 39. The number of nitrogens with zero attached hydrogens (tertiary/aromatic N) is 1. The van der Waals surface area contributed by atoms with E-state index in [4.69, 9.17) is 18.5 Å². The maximum Gasteiger partial charge on any atom is 0.306 e. The molecule has 11 nitrogen and oxygen atoms in total. The molecule has 12 heteroatoms. The van der Waals surface area contributed by atoms with Crippen LogP contribution in [0.4, 0.5) is 0 Å². The molecule has 0 fully saturated rings. The highest BCUT2D eigenvalue weighted by atomic mass is 31.2. The Labute approximate surface area is 386 Å². The van der Waals surface area contributed by atoms with Gasteiger partial charge < -0.3 is 38.1 Å². The van der Waals surface area contributed by atoms with Gasteiger partial charge >= 0.3 is 11.9 Å². The average Bonchev–Trinajstić information content (AvgIpc) is 3.24. The Morgan fingerprint density at radius 1 is 0.594 bits per heavy atom. The van der Waals surface area contributed by atoms with E-state index in [9.17, 15) is 29.3 Å². The van der Waals surface area contributed by atoms with Crippen LogP contribution in [-0.2, 0) is 32.7 Å². The maximum absolute atomic E-state index is 12.7. The Morgan fingerprint density at radius 3 is 1.56 bits per heavy atom. The molecule has 0 aromatic rings. The summed E-state index contributed by atoms with van der Waals surface area (Å²) in [4.78, 5) is 37.6. The number of phosphoric ester groups is 1. The van der Waals surface area contributed by atoms with Crippen LogP contribution in [0.2, 0.25) is 0 Å². The lowest BCUT2D eigenvalue weighted by Gasteiger charge is -2.28. The van der Waals surface area contributed by atoms with Crippen molar-refractivity contribution in [2.75, 3.05) is 47.5 Å². The van der Waals surface area contributed by atoms with Gasteiger partial charge in [0.15, 0.2) is 6.10 Å². The quantitative estimate of drug-likeness (QED) is 0.0152. The summed E-state index contributed by atoms with van der Waals surface area (Å²) >= 11 is 0. The van der Waals surface area contributed by atoms with Crippen molar-refractivity contribution in [1.29, 1.82) is 0 Å². The van der Waals surface area contributed by atoms with Crippen LogP contribution < -0.4 is 4.89 Å². The van der Waals surface area contributed by atoms with Crippen molar-refractivity contribution >= 4 is 19.8 Å². The molecule has 0 heterocycles. The van der Waals surface area contributed by atoms with Gasteiger partial charge in [-0.25, -0.2) is 0 Å². The molecule has 0 radical (unpaired) electrons. The van der Waals surface area contributed by atoms with Gasteiger partial charge in [0.05, 0.1) is 40.0 Å². The van der Waals surface area contributed by atoms with Gasteiger partial charge in [0, 0.05) is 12.8 Å². The van der Waals surface area contributed by atoms with Crippen LogP contribution in [0.15, 0.2) is 134 Å². The van der Waals surface area contributed by atoms with Crippen LogP contribution in [0, 0.1) is 0 Å². The van der Waals surface area contributed by atoms with Gasteiger partial charge in [-0.1, -0.05) is 160 Å². The smallest absolute Gasteiger partial charge is 0.306 e. The molecule has 360 valence electrons. The fourth-order valence-electron chi connectivity index (χ4n) is 5.19. The van der Waals surface area contributed by atoms with Gasteiger partial charge in [0.2, 0.25) is 0 Å². The highest BCUT2D eigenvalue weighted by Gasteiger charge is 2.21. The Kier molecular flexibility index (Phi) is 39.2. The SMILES string of the molecule is CC/C=C\C[C@H](O)/C=C/C=C\C=C\[C@H](O)C/C=C\C/C=C\CCC(=O)O[C@H](COC(=O)CC/C=C\C/C=C\C/C=C\C/C=C\C/C=C\CCCCC)COP(=O)([O-])OCC[N+](C)(C)C. The average molecular weight is 912 g/mol. The number of allylic oxidation sites excluding steroid dienone is 18. The minimum absolute atomic E-state index is 0.0189. The molecule has 0 aromatic heterocycles. The van der Waals surface area contributed by atoms with E-state index in [0.29, 0.717) is 43.1 Å². The minimum atomic E-state index is -4.70. The third kappa shape index (κ3) is 44.7. The number of aliphatic hydroxyl groups excluding tert-OH is 2. The molecule has 0 rings (SSSR count). The lowest BCUT2D eigenvalue weighted by molar-refractivity contribution is -0.870. The van der Waals surface area contributed by atoms with Gasteiger partial charge in [-0.2, -0.15) is 0 Å². The number of esters is 2. The molecule has 0 aliphatic carbocycles. The second kappa shape index (κ2) is 41.8. The van der Waals surface area contributed by atoms with Crippen LogP contribution >= 0.6 is 7.82 Å². The molecular weight excluding hydrogens is 830 g/mol. The fraction of sp³-hybridized carbons (Fsp3) is 0.538. The van der Waals surface area contributed by atoms with Gasteiger partial charge in [-0.05, 0) is 77.0 Å². The van der Waals surface area contributed by atoms with Gasteiger partial charge in [0.1, 0.15) is 19.8 Å². The molecule has 0 bridgehead atoms. The molecule has 0 spiro atoms. The summed E-state index contributed by atoms with van der Waals surface area (Å²) in [6.07, 6.45) is 52.9. The third-order valence-corrected chi connectivity index (χ3v) is 9.81. The number of hydrogen-bond acceptors (Lipinski definition) is 10. The predicted octanol–water partition coefficient (Wildman–Crippen LogP) is 10.8. The summed E-state index contributed by atoms with van der Waals surface area (Å²) in [6, 6.07) is 0. The van der Waals surface area contributed by atoms with E-state index in [1.807, 2.05) is 76.7 Å². The van der Waals surface area contributed by atoms with Crippen molar-refractivity contribution in [3.8, 4) is 0 Å². The molecule has 4 atom stereocenters. The van der Waals surface area contributed by atoms with Crippen molar-refractivity contribution < 1.29 is 52.3 Å². The maximum atomic E-state index is 12.7. The van der Waals surface area contributed by atoms with Crippen LogP contribution in [-0.4, -0.2) is 92.5 Å². The number of carbonyl (C=O) groups is 2. The van der Waals surface area contributed by atoms with Gasteiger partial charge in [0.25, 0.3) is 7.82 Å². The lowest BCUT2D eigenvalue weighted by Crippen LogP contribution is -2.37. The molecule has 0 saturated heterocycles. The topological polar surface area (TPSA) is 152 Å². The molecule has 1 unspecified atom stereocenters. The highest BCUT2D eigenvalue weighted by molar-refractivity contribution is 7.45. The van der Waals surface area contributed by atoms with Gasteiger partial charge in [-0.3, -0.25) is 14.2 Å². The number of hydrogen-bond donors (Lipinski definition) is 2. The summed E-state index contributed by atoms with van der Waals surface area (Å²) in [5, 5.41) is 20.0. The molecule has 0 aliphatic heterocycles. The van der Waals surface area contributed by atoms with Crippen molar-refractivity contribution in [2.45, 2.75) is 135 Å². The summed E-state index contributed by atoms with van der Waals surface area (Å²) in [6.45, 7) is 3.68. The molecule has 0 saturated carbocycles. The number of unbranched alkanes of at least 4 members (excludes halogenated alkanes) is 3. The zero-order chi connectivity index (χ0) is 47.4. The number of phosphoric acid groups is 1. The van der Waals surface area contributed by atoms with E-state index in [2.05, 4.69) is 55.5 Å². The summed E-state index contributed by atoms with van der Waals surface area (Å²) in [5.74, 6) is -1.11.